The maximum atomic E-state index is 10.4. The number of rotatable bonds is 4. The first-order chi connectivity index (χ1) is 10.2. The number of thiophene rings is 1. The molecule has 0 amide bonds. The van der Waals surface area contributed by atoms with E-state index in [0.717, 1.165) is 18.7 Å². The lowest BCUT2D eigenvalue weighted by atomic mass is 10.1. The molecule has 0 spiro atoms. The van der Waals surface area contributed by atoms with Crippen molar-refractivity contribution >= 4 is 22.9 Å². The second-order valence-electron chi connectivity index (χ2n) is 5.24. The highest BCUT2D eigenvalue weighted by Gasteiger charge is 2.24. The number of aliphatic hydroxyl groups is 1. The Hall–Kier alpha value is -0.910. The van der Waals surface area contributed by atoms with Gasteiger partial charge >= 0.3 is 0 Å². The molecule has 112 valence electrons. The predicted octanol–water partition coefficient (Wildman–Crippen LogP) is 3.51. The number of hydrogen-bond donors (Lipinski definition) is 1. The molecule has 0 saturated carbocycles. The molecule has 1 aliphatic rings. The fraction of sp³-hybridized carbons (Fsp3) is 0.375. The summed E-state index contributed by atoms with van der Waals surface area (Å²) in [7, 11) is 0. The molecule has 2 aromatic rings. The molecule has 2 unspecified atom stereocenters. The van der Waals surface area contributed by atoms with E-state index in [-0.39, 0.29) is 6.10 Å². The van der Waals surface area contributed by atoms with E-state index >= 15 is 0 Å². The van der Waals surface area contributed by atoms with E-state index in [0.29, 0.717) is 18.2 Å². The molecule has 1 aromatic carbocycles. The van der Waals surface area contributed by atoms with Crippen LogP contribution in [0.2, 0.25) is 5.02 Å². The standard InChI is InChI=1S/C16H18ClNO2S/c17-14-3-1-12(2-4-14)15(19)9-18-6-7-20-16(10-18)13-5-8-21-11-13/h1-5,8,11,15-16,19H,6-7,9-10H2. The van der Waals surface area contributed by atoms with Crippen molar-refractivity contribution in [3.05, 3.63) is 57.2 Å². The van der Waals surface area contributed by atoms with Crippen LogP contribution in [0.15, 0.2) is 41.1 Å². The average molecular weight is 324 g/mol. The summed E-state index contributed by atoms with van der Waals surface area (Å²) >= 11 is 7.56. The lowest BCUT2D eigenvalue weighted by molar-refractivity contribution is -0.0422. The Morgan fingerprint density at radius 2 is 2.14 bits per heavy atom. The summed E-state index contributed by atoms with van der Waals surface area (Å²) in [5.41, 5.74) is 2.13. The van der Waals surface area contributed by atoms with E-state index in [1.165, 1.54) is 5.56 Å². The molecule has 1 saturated heterocycles. The number of benzene rings is 1. The van der Waals surface area contributed by atoms with Crippen LogP contribution >= 0.6 is 22.9 Å². The average Bonchev–Trinajstić information content (AvgIpc) is 3.02. The van der Waals surface area contributed by atoms with Gasteiger partial charge in [0, 0.05) is 24.7 Å². The van der Waals surface area contributed by atoms with E-state index < -0.39 is 6.10 Å². The maximum absolute atomic E-state index is 10.4. The number of nitrogens with zero attached hydrogens (tertiary/aromatic N) is 1. The number of hydrogen-bond acceptors (Lipinski definition) is 4. The smallest absolute Gasteiger partial charge is 0.0960 e. The molecule has 21 heavy (non-hydrogen) atoms. The summed E-state index contributed by atoms with van der Waals surface area (Å²) in [5, 5.41) is 15.2. The van der Waals surface area contributed by atoms with Crippen LogP contribution in [0.3, 0.4) is 0 Å². The molecule has 1 aliphatic heterocycles. The fourth-order valence-electron chi connectivity index (χ4n) is 2.56. The van der Waals surface area contributed by atoms with Crippen molar-refractivity contribution in [1.29, 1.82) is 0 Å². The third-order valence-electron chi connectivity index (χ3n) is 3.75. The van der Waals surface area contributed by atoms with E-state index in [9.17, 15) is 5.11 Å². The van der Waals surface area contributed by atoms with Gasteiger partial charge in [-0.3, -0.25) is 4.90 Å². The molecule has 1 fully saturated rings. The second kappa shape index (κ2) is 6.90. The summed E-state index contributed by atoms with van der Waals surface area (Å²) in [4.78, 5) is 2.26. The summed E-state index contributed by atoms with van der Waals surface area (Å²) in [6.07, 6.45) is -0.383. The zero-order valence-corrected chi connectivity index (χ0v) is 13.2. The van der Waals surface area contributed by atoms with Crippen LogP contribution < -0.4 is 0 Å². The van der Waals surface area contributed by atoms with E-state index in [1.807, 2.05) is 24.3 Å². The van der Waals surface area contributed by atoms with Crippen LogP contribution in [0, 0.1) is 0 Å². The lowest BCUT2D eigenvalue weighted by Crippen LogP contribution is -2.40. The Balaban J connectivity index is 1.60. The van der Waals surface area contributed by atoms with Crippen LogP contribution in [0.5, 0.6) is 0 Å². The molecule has 2 atom stereocenters. The van der Waals surface area contributed by atoms with Gasteiger partial charge in [0.05, 0.1) is 18.8 Å². The van der Waals surface area contributed by atoms with Gasteiger partial charge in [-0.2, -0.15) is 11.3 Å². The Labute approximate surface area is 133 Å². The highest BCUT2D eigenvalue weighted by molar-refractivity contribution is 7.07. The SMILES string of the molecule is OC(CN1CCOC(c2ccsc2)C1)c1ccc(Cl)cc1. The van der Waals surface area contributed by atoms with Gasteiger partial charge in [0.15, 0.2) is 0 Å². The third-order valence-corrected chi connectivity index (χ3v) is 4.70. The molecule has 2 heterocycles. The van der Waals surface area contributed by atoms with Crippen molar-refractivity contribution in [2.45, 2.75) is 12.2 Å². The van der Waals surface area contributed by atoms with Gasteiger partial charge in [0.25, 0.3) is 0 Å². The van der Waals surface area contributed by atoms with Crippen molar-refractivity contribution in [2.75, 3.05) is 26.2 Å². The Kier molecular flexibility index (Phi) is 4.93. The lowest BCUT2D eigenvalue weighted by Gasteiger charge is -2.34. The molecule has 1 N–H and O–H groups in total. The van der Waals surface area contributed by atoms with Gasteiger partial charge in [-0.05, 0) is 40.1 Å². The summed E-state index contributed by atoms with van der Waals surface area (Å²) in [6.45, 7) is 2.99. The van der Waals surface area contributed by atoms with Crippen molar-refractivity contribution < 1.29 is 9.84 Å². The summed E-state index contributed by atoms with van der Waals surface area (Å²) < 4.78 is 5.82. The number of ether oxygens (including phenoxy) is 1. The van der Waals surface area contributed by atoms with Crippen LogP contribution in [-0.2, 0) is 4.74 Å². The molecular weight excluding hydrogens is 306 g/mol. The van der Waals surface area contributed by atoms with Gasteiger partial charge in [-0.15, -0.1) is 0 Å². The predicted molar refractivity (Wildman–Crippen MR) is 85.9 cm³/mol. The van der Waals surface area contributed by atoms with Gasteiger partial charge in [-0.1, -0.05) is 23.7 Å². The molecule has 1 aromatic heterocycles. The zero-order valence-electron chi connectivity index (χ0n) is 11.6. The van der Waals surface area contributed by atoms with Crippen molar-refractivity contribution in [3.8, 4) is 0 Å². The quantitative estimate of drug-likeness (QED) is 0.934. The first kappa shape index (κ1) is 15.0. The largest absolute Gasteiger partial charge is 0.387 e. The van der Waals surface area contributed by atoms with Gasteiger partial charge in [-0.25, -0.2) is 0 Å². The van der Waals surface area contributed by atoms with Gasteiger partial charge < -0.3 is 9.84 Å². The molecule has 0 aliphatic carbocycles. The number of aliphatic hydroxyl groups excluding tert-OH is 1. The third kappa shape index (κ3) is 3.84. The van der Waals surface area contributed by atoms with Crippen molar-refractivity contribution in [1.82, 2.24) is 4.90 Å². The van der Waals surface area contributed by atoms with E-state index in [2.05, 4.69) is 21.7 Å². The highest BCUT2D eigenvalue weighted by Crippen LogP contribution is 2.25. The summed E-state index contributed by atoms with van der Waals surface area (Å²) in [6, 6.07) is 9.49. The van der Waals surface area contributed by atoms with Crippen molar-refractivity contribution in [2.24, 2.45) is 0 Å². The Morgan fingerprint density at radius 3 is 2.86 bits per heavy atom. The molecule has 5 heteroatoms. The minimum Gasteiger partial charge on any atom is -0.387 e. The number of halogens is 1. The van der Waals surface area contributed by atoms with Crippen LogP contribution in [0.4, 0.5) is 0 Å². The first-order valence-electron chi connectivity index (χ1n) is 7.02. The van der Waals surface area contributed by atoms with Crippen molar-refractivity contribution in [3.63, 3.8) is 0 Å². The monoisotopic (exact) mass is 323 g/mol. The normalized spacial score (nSPS) is 21.3. The van der Waals surface area contributed by atoms with E-state index in [4.69, 9.17) is 16.3 Å². The molecule has 3 nitrogen and oxygen atoms in total. The second-order valence-corrected chi connectivity index (χ2v) is 6.46. The Bertz CT molecular complexity index is 558. The van der Waals surface area contributed by atoms with Gasteiger partial charge in [0.2, 0.25) is 0 Å². The first-order valence-corrected chi connectivity index (χ1v) is 8.34. The summed E-state index contributed by atoms with van der Waals surface area (Å²) in [5.74, 6) is 0. The zero-order chi connectivity index (χ0) is 14.7. The fourth-order valence-corrected chi connectivity index (χ4v) is 3.39. The number of morpholine rings is 1. The Morgan fingerprint density at radius 1 is 1.33 bits per heavy atom. The molecular formula is C16H18ClNO2S. The van der Waals surface area contributed by atoms with E-state index in [1.54, 1.807) is 11.3 Å². The van der Waals surface area contributed by atoms with Crippen LogP contribution in [0.25, 0.3) is 0 Å². The van der Waals surface area contributed by atoms with Gasteiger partial charge in [0.1, 0.15) is 0 Å². The highest BCUT2D eigenvalue weighted by atomic mass is 35.5. The minimum atomic E-state index is -0.497. The topological polar surface area (TPSA) is 32.7 Å². The maximum Gasteiger partial charge on any atom is 0.0960 e. The molecule has 3 rings (SSSR count). The van der Waals surface area contributed by atoms with Crippen LogP contribution in [-0.4, -0.2) is 36.2 Å². The molecule has 0 bridgehead atoms. The minimum absolute atomic E-state index is 0.113. The molecule has 0 radical (unpaired) electrons. The van der Waals surface area contributed by atoms with Crippen LogP contribution in [0.1, 0.15) is 23.3 Å². The number of β-amino-alcohol motifs (C(OH)–C–C–N with tert-alkyl or cyclic N) is 1.